The van der Waals surface area contributed by atoms with Gasteiger partial charge in [0.1, 0.15) is 5.69 Å². The van der Waals surface area contributed by atoms with Crippen LogP contribution in [0.2, 0.25) is 0 Å². The Bertz CT molecular complexity index is 1170. The molecular weight excluding hydrogens is 348 g/mol. The maximum absolute atomic E-state index is 13.1. The number of amides is 1. The van der Waals surface area contributed by atoms with E-state index in [4.69, 9.17) is 0 Å². The Morgan fingerprint density at radius 1 is 0.786 bits per heavy atom. The molecule has 0 aliphatic heterocycles. The molecule has 0 atom stereocenters. The second-order valence-electron chi connectivity index (χ2n) is 6.66. The topological polar surface area (TPSA) is 51.1 Å². The van der Waals surface area contributed by atoms with Gasteiger partial charge in [-0.3, -0.25) is 14.2 Å². The molecule has 4 heteroatoms. The molecule has 0 saturated carbocycles. The van der Waals surface area contributed by atoms with Crippen LogP contribution in [-0.4, -0.2) is 10.5 Å². The van der Waals surface area contributed by atoms with E-state index in [9.17, 15) is 9.59 Å². The van der Waals surface area contributed by atoms with Crippen LogP contribution < -0.4 is 10.9 Å². The van der Waals surface area contributed by atoms with Crippen LogP contribution in [0, 0.1) is 0 Å². The minimum absolute atomic E-state index is 0.160. The van der Waals surface area contributed by atoms with Gasteiger partial charge in [0.15, 0.2) is 0 Å². The van der Waals surface area contributed by atoms with Gasteiger partial charge in [0, 0.05) is 11.9 Å². The summed E-state index contributed by atoms with van der Waals surface area (Å²) in [7, 11) is 0. The van der Waals surface area contributed by atoms with Crippen molar-refractivity contribution in [2.45, 2.75) is 13.1 Å². The lowest BCUT2D eigenvalue weighted by Crippen LogP contribution is -2.32. The summed E-state index contributed by atoms with van der Waals surface area (Å²) < 4.78 is 1.55. The summed E-state index contributed by atoms with van der Waals surface area (Å²) in [5.41, 5.74) is 2.18. The lowest BCUT2D eigenvalue weighted by Gasteiger charge is -2.15. The van der Waals surface area contributed by atoms with Crippen molar-refractivity contribution in [1.29, 1.82) is 0 Å². The van der Waals surface area contributed by atoms with Gasteiger partial charge in [-0.1, -0.05) is 78.9 Å². The third-order valence-corrected chi connectivity index (χ3v) is 4.73. The highest BCUT2D eigenvalue weighted by Gasteiger charge is 2.15. The number of hydrogen-bond acceptors (Lipinski definition) is 2. The predicted molar refractivity (Wildman–Crippen MR) is 111 cm³/mol. The van der Waals surface area contributed by atoms with E-state index >= 15 is 0 Å². The van der Waals surface area contributed by atoms with Gasteiger partial charge in [0.05, 0.1) is 6.54 Å². The number of benzene rings is 3. The van der Waals surface area contributed by atoms with E-state index in [-0.39, 0.29) is 11.5 Å². The Balaban J connectivity index is 1.73. The molecule has 0 unspecified atom stereocenters. The summed E-state index contributed by atoms with van der Waals surface area (Å²) in [4.78, 5) is 26.1. The van der Waals surface area contributed by atoms with Gasteiger partial charge in [-0.25, -0.2) is 0 Å². The van der Waals surface area contributed by atoms with Crippen molar-refractivity contribution in [3.05, 3.63) is 118 Å². The molecule has 0 radical (unpaired) electrons. The number of carbonyl (C=O) groups excluding carboxylic acids is 1. The molecule has 0 aliphatic rings. The van der Waals surface area contributed by atoms with Crippen molar-refractivity contribution in [1.82, 2.24) is 9.88 Å². The summed E-state index contributed by atoms with van der Waals surface area (Å²) in [6.45, 7) is 0.755. The highest BCUT2D eigenvalue weighted by Crippen LogP contribution is 2.14. The maximum atomic E-state index is 13.1. The molecule has 0 fully saturated rings. The lowest BCUT2D eigenvalue weighted by atomic mass is 10.1. The van der Waals surface area contributed by atoms with Gasteiger partial charge in [0.25, 0.3) is 11.5 Å². The van der Waals surface area contributed by atoms with Crippen LogP contribution in [0.15, 0.2) is 95.8 Å². The third-order valence-electron chi connectivity index (χ3n) is 4.73. The average Bonchev–Trinajstić information content (AvgIpc) is 2.75. The highest BCUT2D eigenvalue weighted by atomic mass is 16.2. The number of pyridine rings is 1. The minimum Gasteiger partial charge on any atom is -0.347 e. The van der Waals surface area contributed by atoms with Crippen molar-refractivity contribution in [2.75, 3.05) is 0 Å². The molecule has 3 aromatic carbocycles. The number of nitrogens with one attached hydrogen (secondary N) is 1. The van der Waals surface area contributed by atoms with E-state index in [0.29, 0.717) is 24.2 Å². The number of carbonyl (C=O) groups is 1. The van der Waals surface area contributed by atoms with Crippen molar-refractivity contribution >= 4 is 16.7 Å². The van der Waals surface area contributed by atoms with Crippen LogP contribution in [0.3, 0.4) is 0 Å². The summed E-state index contributed by atoms with van der Waals surface area (Å²) in [6.07, 6.45) is 0. The molecule has 1 aromatic heterocycles. The molecule has 0 saturated heterocycles. The molecule has 28 heavy (non-hydrogen) atoms. The van der Waals surface area contributed by atoms with E-state index in [1.54, 1.807) is 16.7 Å². The van der Waals surface area contributed by atoms with Gasteiger partial charge in [-0.2, -0.15) is 0 Å². The Labute approximate surface area is 163 Å². The Morgan fingerprint density at radius 3 is 2.11 bits per heavy atom. The molecule has 138 valence electrons. The van der Waals surface area contributed by atoms with Crippen LogP contribution >= 0.6 is 0 Å². The first kappa shape index (κ1) is 17.7. The SMILES string of the molecule is O=C(NCc1ccccc1)c1cc2ccccc2c(=O)n1Cc1ccccc1. The van der Waals surface area contributed by atoms with Crippen molar-refractivity contribution in [2.24, 2.45) is 0 Å². The van der Waals surface area contributed by atoms with Gasteiger partial charge in [-0.15, -0.1) is 0 Å². The first-order valence-corrected chi connectivity index (χ1v) is 9.21. The molecule has 4 aromatic rings. The van der Waals surface area contributed by atoms with E-state index < -0.39 is 0 Å². The van der Waals surface area contributed by atoms with E-state index in [0.717, 1.165) is 16.5 Å². The zero-order chi connectivity index (χ0) is 19.3. The van der Waals surface area contributed by atoms with Gasteiger partial charge in [-0.05, 0) is 28.6 Å². The smallest absolute Gasteiger partial charge is 0.268 e. The van der Waals surface area contributed by atoms with Gasteiger partial charge >= 0.3 is 0 Å². The highest BCUT2D eigenvalue weighted by molar-refractivity contribution is 5.96. The molecule has 4 rings (SSSR count). The zero-order valence-electron chi connectivity index (χ0n) is 15.3. The summed E-state index contributed by atoms with van der Waals surface area (Å²) >= 11 is 0. The number of nitrogens with zero attached hydrogens (tertiary/aromatic N) is 1. The van der Waals surface area contributed by atoms with E-state index in [1.807, 2.05) is 78.9 Å². The number of fused-ring (bicyclic) bond motifs is 1. The quantitative estimate of drug-likeness (QED) is 0.579. The van der Waals surface area contributed by atoms with Crippen molar-refractivity contribution in [3.63, 3.8) is 0 Å². The van der Waals surface area contributed by atoms with Gasteiger partial charge < -0.3 is 5.32 Å². The normalized spacial score (nSPS) is 10.7. The Kier molecular flexibility index (Phi) is 5.02. The lowest BCUT2D eigenvalue weighted by molar-refractivity contribution is 0.0941. The van der Waals surface area contributed by atoms with E-state index in [2.05, 4.69) is 5.32 Å². The number of aromatic nitrogens is 1. The molecule has 4 nitrogen and oxygen atoms in total. The molecule has 1 amide bonds. The fraction of sp³-hybridized carbons (Fsp3) is 0.0833. The summed E-state index contributed by atoms with van der Waals surface area (Å²) in [5.74, 6) is -0.261. The first-order chi connectivity index (χ1) is 13.7. The monoisotopic (exact) mass is 368 g/mol. The fourth-order valence-electron chi connectivity index (χ4n) is 3.28. The predicted octanol–water partition coefficient (Wildman–Crippen LogP) is 3.98. The van der Waals surface area contributed by atoms with Crippen molar-refractivity contribution in [3.8, 4) is 0 Å². The third kappa shape index (κ3) is 3.71. The largest absolute Gasteiger partial charge is 0.347 e. The summed E-state index contributed by atoms with van der Waals surface area (Å²) in [5, 5.41) is 4.31. The zero-order valence-corrected chi connectivity index (χ0v) is 15.3. The first-order valence-electron chi connectivity index (χ1n) is 9.21. The van der Waals surface area contributed by atoms with Crippen LogP contribution in [0.1, 0.15) is 21.6 Å². The number of hydrogen-bond donors (Lipinski definition) is 1. The van der Waals surface area contributed by atoms with Crippen LogP contribution in [0.5, 0.6) is 0 Å². The Morgan fingerprint density at radius 2 is 1.39 bits per heavy atom. The van der Waals surface area contributed by atoms with Gasteiger partial charge in [0.2, 0.25) is 0 Å². The second-order valence-corrected chi connectivity index (χ2v) is 6.66. The molecule has 0 bridgehead atoms. The maximum Gasteiger partial charge on any atom is 0.268 e. The van der Waals surface area contributed by atoms with Crippen LogP contribution in [0.4, 0.5) is 0 Å². The molecule has 1 N–H and O–H groups in total. The summed E-state index contributed by atoms with van der Waals surface area (Å²) in [6, 6.07) is 28.6. The molecular formula is C24H20N2O2. The number of rotatable bonds is 5. The molecule has 0 aliphatic carbocycles. The average molecular weight is 368 g/mol. The van der Waals surface area contributed by atoms with Crippen molar-refractivity contribution < 1.29 is 4.79 Å². The second kappa shape index (κ2) is 7.92. The molecule has 1 heterocycles. The van der Waals surface area contributed by atoms with Crippen LogP contribution in [0.25, 0.3) is 10.8 Å². The van der Waals surface area contributed by atoms with Crippen LogP contribution in [-0.2, 0) is 13.1 Å². The standard InChI is InChI=1S/C24H20N2O2/c27-23(25-16-18-9-3-1-4-10-18)22-15-20-13-7-8-14-21(20)24(28)26(22)17-19-11-5-2-6-12-19/h1-15H,16-17H2,(H,25,27). The fourth-order valence-corrected chi connectivity index (χ4v) is 3.28. The molecule has 0 spiro atoms. The minimum atomic E-state index is -0.261. The van der Waals surface area contributed by atoms with E-state index in [1.165, 1.54) is 0 Å². The Hall–Kier alpha value is -3.66.